The Labute approximate surface area is 164 Å². The molecule has 27 heavy (non-hydrogen) atoms. The molecule has 0 saturated carbocycles. The number of aromatic nitrogens is 2. The third-order valence-corrected chi connectivity index (χ3v) is 6.11. The van der Waals surface area contributed by atoms with Gasteiger partial charge in [-0.05, 0) is 62.9 Å². The minimum Gasteiger partial charge on any atom is -0.339 e. The zero-order valence-electron chi connectivity index (χ0n) is 16.3. The van der Waals surface area contributed by atoms with Crippen LogP contribution in [0.1, 0.15) is 27.1 Å². The average Bonchev–Trinajstić information content (AvgIpc) is 2.96. The molecule has 0 saturated heterocycles. The molecule has 0 radical (unpaired) electrons. The van der Waals surface area contributed by atoms with Crippen LogP contribution in [0.5, 0.6) is 0 Å². The lowest BCUT2D eigenvalue weighted by molar-refractivity contribution is 1.22. The van der Waals surface area contributed by atoms with Gasteiger partial charge in [0.15, 0.2) is 0 Å². The number of anilines is 2. The molecule has 2 aromatic carbocycles. The van der Waals surface area contributed by atoms with E-state index < -0.39 is 0 Å². The third-order valence-electron chi connectivity index (χ3n) is 5.09. The Bertz CT molecular complexity index is 1160. The van der Waals surface area contributed by atoms with Gasteiger partial charge in [-0.3, -0.25) is 0 Å². The molecule has 4 aromatic rings. The number of aryl methyl sites for hydroxylation is 5. The van der Waals surface area contributed by atoms with Gasteiger partial charge in [-0.2, -0.15) is 0 Å². The van der Waals surface area contributed by atoms with E-state index in [1.54, 1.807) is 17.7 Å². The van der Waals surface area contributed by atoms with Crippen molar-refractivity contribution in [3.8, 4) is 11.1 Å². The highest BCUT2D eigenvalue weighted by molar-refractivity contribution is 7.19. The maximum Gasteiger partial charge on any atom is 0.143 e. The lowest BCUT2D eigenvalue weighted by Crippen LogP contribution is -1.98. The monoisotopic (exact) mass is 373 g/mol. The SMILES string of the molecule is Cc1ccc(Nc2ncnc3sc(C)c(-c4ccc(C)c(C)c4)c23)c(C)c1. The van der Waals surface area contributed by atoms with Gasteiger partial charge in [-0.25, -0.2) is 9.97 Å². The highest BCUT2D eigenvalue weighted by Gasteiger charge is 2.17. The fourth-order valence-electron chi connectivity index (χ4n) is 3.46. The first kappa shape index (κ1) is 17.7. The first-order chi connectivity index (χ1) is 12.9. The van der Waals surface area contributed by atoms with Crippen LogP contribution in [-0.2, 0) is 0 Å². The Morgan fingerprint density at radius 2 is 1.63 bits per heavy atom. The summed E-state index contributed by atoms with van der Waals surface area (Å²) in [4.78, 5) is 11.4. The van der Waals surface area contributed by atoms with E-state index >= 15 is 0 Å². The van der Waals surface area contributed by atoms with Crippen molar-refractivity contribution in [2.45, 2.75) is 34.6 Å². The Hall–Kier alpha value is -2.72. The van der Waals surface area contributed by atoms with Crippen LogP contribution in [0.2, 0.25) is 0 Å². The maximum absolute atomic E-state index is 4.59. The summed E-state index contributed by atoms with van der Waals surface area (Å²) in [6.07, 6.45) is 1.65. The zero-order chi connectivity index (χ0) is 19.1. The van der Waals surface area contributed by atoms with Crippen LogP contribution in [0, 0.1) is 34.6 Å². The summed E-state index contributed by atoms with van der Waals surface area (Å²) in [5.74, 6) is 0.865. The molecule has 2 heterocycles. The van der Waals surface area contributed by atoms with Crippen molar-refractivity contribution < 1.29 is 0 Å². The summed E-state index contributed by atoms with van der Waals surface area (Å²) < 4.78 is 0. The zero-order valence-corrected chi connectivity index (χ0v) is 17.2. The van der Waals surface area contributed by atoms with Crippen molar-refractivity contribution in [3.63, 3.8) is 0 Å². The van der Waals surface area contributed by atoms with E-state index in [1.165, 1.54) is 38.3 Å². The third kappa shape index (κ3) is 3.21. The van der Waals surface area contributed by atoms with Crippen molar-refractivity contribution in [1.29, 1.82) is 0 Å². The topological polar surface area (TPSA) is 37.8 Å². The molecule has 0 spiro atoms. The van der Waals surface area contributed by atoms with Crippen molar-refractivity contribution >= 4 is 33.1 Å². The minimum absolute atomic E-state index is 0.865. The molecule has 1 N–H and O–H groups in total. The average molecular weight is 374 g/mol. The number of nitrogens with zero attached hydrogens (tertiary/aromatic N) is 2. The van der Waals surface area contributed by atoms with Crippen molar-refractivity contribution in [2.24, 2.45) is 0 Å². The molecular weight excluding hydrogens is 350 g/mol. The van der Waals surface area contributed by atoms with Gasteiger partial charge in [0, 0.05) is 16.1 Å². The molecule has 4 heteroatoms. The van der Waals surface area contributed by atoms with Crippen LogP contribution in [-0.4, -0.2) is 9.97 Å². The Kier molecular flexibility index (Phi) is 4.44. The second-order valence-corrected chi connectivity index (χ2v) is 8.38. The first-order valence-electron chi connectivity index (χ1n) is 9.10. The smallest absolute Gasteiger partial charge is 0.143 e. The Balaban J connectivity index is 1.90. The largest absolute Gasteiger partial charge is 0.339 e. The van der Waals surface area contributed by atoms with Gasteiger partial charge < -0.3 is 5.32 Å². The molecule has 4 rings (SSSR count). The highest BCUT2D eigenvalue weighted by Crippen LogP contribution is 2.41. The van der Waals surface area contributed by atoms with Gasteiger partial charge in [0.1, 0.15) is 17.0 Å². The molecule has 0 fully saturated rings. The predicted octanol–water partition coefficient (Wildman–Crippen LogP) is 6.64. The van der Waals surface area contributed by atoms with Crippen LogP contribution < -0.4 is 5.32 Å². The second-order valence-electron chi connectivity index (χ2n) is 7.18. The molecule has 0 bridgehead atoms. The number of nitrogens with one attached hydrogen (secondary N) is 1. The number of thiophene rings is 1. The summed E-state index contributed by atoms with van der Waals surface area (Å²) in [5, 5.41) is 4.65. The predicted molar refractivity (Wildman–Crippen MR) is 116 cm³/mol. The van der Waals surface area contributed by atoms with Gasteiger partial charge in [0.2, 0.25) is 0 Å². The van der Waals surface area contributed by atoms with Crippen LogP contribution in [0.25, 0.3) is 21.3 Å². The fraction of sp³-hybridized carbons (Fsp3) is 0.217. The highest BCUT2D eigenvalue weighted by atomic mass is 32.1. The number of rotatable bonds is 3. The Morgan fingerprint density at radius 1 is 0.815 bits per heavy atom. The van der Waals surface area contributed by atoms with E-state index in [1.807, 2.05) is 0 Å². The summed E-state index contributed by atoms with van der Waals surface area (Å²) in [5.41, 5.74) is 8.60. The van der Waals surface area contributed by atoms with E-state index in [-0.39, 0.29) is 0 Å². The normalized spacial score (nSPS) is 11.1. The molecule has 3 nitrogen and oxygen atoms in total. The fourth-order valence-corrected chi connectivity index (χ4v) is 4.48. The molecule has 0 aliphatic carbocycles. The molecule has 136 valence electrons. The Morgan fingerprint density at radius 3 is 2.37 bits per heavy atom. The molecule has 0 amide bonds. The summed E-state index contributed by atoms with van der Waals surface area (Å²) in [6, 6.07) is 13.1. The van der Waals surface area contributed by atoms with Crippen molar-refractivity contribution in [2.75, 3.05) is 5.32 Å². The van der Waals surface area contributed by atoms with Crippen molar-refractivity contribution in [3.05, 3.63) is 69.9 Å². The number of fused-ring (bicyclic) bond motifs is 1. The summed E-state index contributed by atoms with van der Waals surface area (Å²) in [6.45, 7) is 10.7. The summed E-state index contributed by atoms with van der Waals surface area (Å²) >= 11 is 1.72. The van der Waals surface area contributed by atoms with Gasteiger partial charge in [0.05, 0.1) is 5.39 Å². The lowest BCUT2D eigenvalue weighted by atomic mass is 9.99. The lowest BCUT2D eigenvalue weighted by Gasteiger charge is -2.12. The number of hydrogen-bond acceptors (Lipinski definition) is 4. The van der Waals surface area contributed by atoms with Crippen LogP contribution in [0.4, 0.5) is 11.5 Å². The van der Waals surface area contributed by atoms with Crippen molar-refractivity contribution in [1.82, 2.24) is 9.97 Å². The molecular formula is C23H23N3S. The van der Waals surface area contributed by atoms with Gasteiger partial charge in [-0.1, -0.05) is 35.9 Å². The molecule has 0 aliphatic rings. The van der Waals surface area contributed by atoms with E-state index in [0.717, 1.165) is 21.7 Å². The maximum atomic E-state index is 4.59. The molecule has 0 unspecified atom stereocenters. The molecule has 0 atom stereocenters. The van der Waals surface area contributed by atoms with Gasteiger partial charge in [-0.15, -0.1) is 11.3 Å². The van der Waals surface area contributed by atoms with E-state index in [0.29, 0.717) is 0 Å². The number of benzene rings is 2. The summed E-state index contributed by atoms with van der Waals surface area (Å²) in [7, 11) is 0. The van der Waals surface area contributed by atoms with Crippen LogP contribution in [0.15, 0.2) is 42.7 Å². The van der Waals surface area contributed by atoms with Crippen LogP contribution >= 0.6 is 11.3 Å². The first-order valence-corrected chi connectivity index (χ1v) is 9.91. The van der Waals surface area contributed by atoms with E-state index in [2.05, 4.69) is 86.3 Å². The van der Waals surface area contributed by atoms with E-state index in [9.17, 15) is 0 Å². The van der Waals surface area contributed by atoms with Gasteiger partial charge >= 0.3 is 0 Å². The van der Waals surface area contributed by atoms with Crippen LogP contribution in [0.3, 0.4) is 0 Å². The minimum atomic E-state index is 0.865. The standard InChI is InChI=1S/C23H23N3S/c1-13-6-9-19(16(4)10-13)26-22-21-20(17(5)27-23(21)25-12-24-22)18-8-7-14(2)15(3)11-18/h6-12H,1-5H3,(H,24,25,26). The number of hydrogen-bond donors (Lipinski definition) is 1. The second kappa shape index (κ2) is 6.78. The molecule has 0 aliphatic heterocycles. The molecule has 2 aromatic heterocycles. The van der Waals surface area contributed by atoms with E-state index in [4.69, 9.17) is 0 Å². The quantitative estimate of drug-likeness (QED) is 0.437. The van der Waals surface area contributed by atoms with Gasteiger partial charge in [0.25, 0.3) is 0 Å².